The highest BCUT2D eigenvalue weighted by Gasteiger charge is 2.20. The second-order valence-electron chi connectivity index (χ2n) is 2.55. The Balaban J connectivity index is 2.17. The van der Waals surface area contributed by atoms with Gasteiger partial charge in [-0.2, -0.15) is 0 Å². The van der Waals surface area contributed by atoms with Crippen molar-refractivity contribution < 1.29 is 9.47 Å². The Bertz CT molecular complexity index is 212. The third-order valence-electron chi connectivity index (χ3n) is 1.51. The molecule has 2 unspecified atom stereocenters. The molecule has 12 heavy (non-hydrogen) atoms. The van der Waals surface area contributed by atoms with Gasteiger partial charge in [0.05, 0.1) is 13.2 Å². The van der Waals surface area contributed by atoms with Crippen LogP contribution in [0, 0.1) is 12.3 Å². The van der Waals surface area contributed by atoms with Gasteiger partial charge in [-0.25, -0.2) is 0 Å². The van der Waals surface area contributed by atoms with Gasteiger partial charge in [0.15, 0.2) is 0 Å². The summed E-state index contributed by atoms with van der Waals surface area (Å²) in [5.41, 5.74) is 0. The molecule has 0 spiro atoms. The molecule has 1 aliphatic rings. The van der Waals surface area contributed by atoms with Crippen LogP contribution in [0.25, 0.3) is 0 Å². The zero-order valence-electron chi connectivity index (χ0n) is 6.87. The van der Waals surface area contributed by atoms with Crippen LogP contribution in [0.2, 0.25) is 0 Å². The number of thiocarbonyl (C=S) groups is 1. The van der Waals surface area contributed by atoms with E-state index in [9.17, 15) is 0 Å². The van der Waals surface area contributed by atoms with Gasteiger partial charge in [0.2, 0.25) is 0 Å². The Hall–Kier alpha value is -0.790. The lowest BCUT2D eigenvalue weighted by molar-refractivity contribution is 0.0412. The number of terminal acetylenes is 1. The lowest BCUT2D eigenvalue weighted by Gasteiger charge is -2.10. The molecule has 1 saturated heterocycles. The molecule has 0 bridgehead atoms. The number of hydrogen-bond acceptors (Lipinski definition) is 3. The molecule has 3 nitrogen and oxygen atoms in total. The van der Waals surface area contributed by atoms with E-state index >= 15 is 0 Å². The van der Waals surface area contributed by atoms with E-state index in [0.29, 0.717) is 18.3 Å². The van der Waals surface area contributed by atoms with Crippen molar-refractivity contribution in [2.75, 3.05) is 13.2 Å². The van der Waals surface area contributed by atoms with E-state index in [2.05, 4.69) is 11.2 Å². The summed E-state index contributed by atoms with van der Waals surface area (Å²) >= 11 is 4.78. The van der Waals surface area contributed by atoms with E-state index in [-0.39, 0.29) is 12.2 Å². The first-order valence-electron chi connectivity index (χ1n) is 3.74. The van der Waals surface area contributed by atoms with Crippen LogP contribution in [0.3, 0.4) is 0 Å². The van der Waals surface area contributed by atoms with Gasteiger partial charge >= 0.3 is 0 Å². The van der Waals surface area contributed by atoms with Crippen LogP contribution in [0.1, 0.15) is 6.92 Å². The van der Waals surface area contributed by atoms with Crippen molar-refractivity contribution >= 4 is 17.4 Å². The molecule has 1 aliphatic heterocycles. The molecule has 0 aliphatic carbocycles. The first-order chi connectivity index (χ1) is 5.72. The molecule has 1 heterocycles. The summed E-state index contributed by atoms with van der Waals surface area (Å²) in [6.07, 6.45) is 4.97. The normalized spacial score (nSPS) is 24.0. The fourth-order valence-electron chi connectivity index (χ4n) is 0.825. The molecule has 0 amide bonds. The third-order valence-corrected chi connectivity index (χ3v) is 1.76. The van der Waals surface area contributed by atoms with Gasteiger partial charge < -0.3 is 14.8 Å². The van der Waals surface area contributed by atoms with Crippen LogP contribution in [0.4, 0.5) is 0 Å². The summed E-state index contributed by atoms with van der Waals surface area (Å²) in [7, 11) is 0. The Labute approximate surface area is 77.4 Å². The summed E-state index contributed by atoms with van der Waals surface area (Å²) in [5, 5.41) is 3.33. The van der Waals surface area contributed by atoms with E-state index in [1.165, 1.54) is 0 Å². The zero-order valence-corrected chi connectivity index (χ0v) is 7.69. The zero-order chi connectivity index (χ0) is 8.97. The maximum absolute atomic E-state index is 5.26. The Morgan fingerprint density at radius 1 is 2.00 bits per heavy atom. The predicted octanol–water partition coefficient (Wildman–Crippen LogP) is 0.298. The van der Waals surface area contributed by atoms with E-state index in [1.54, 1.807) is 0 Å². The summed E-state index contributed by atoms with van der Waals surface area (Å²) in [6, 6.07) is 0. The number of hydrogen-bond donors (Lipinski definition) is 1. The molecule has 2 atom stereocenters. The minimum absolute atomic E-state index is 0.00769. The third kappa shape index (κ3) is 2.68. The van der Waals surface area contributed by atoms with E-state index in [4.69, 9.17) is 28.1 Å². The number of ether oxygens (including phenoxy) is 2. The van der Waals surface area contributed by atoms with Gasteiger partial charge in [0.25, 0.3) is 5.17 Å². The van der Waals surface area contributed by atoms with Gasteiger partial charge in [-0.1, -0.05) is 5.92 Å². The fourth-order valence-corrected chi connectivity index (χ4v) is 1.04. The summed E-state index contributed by atoms with van der Waals surface area (Å²) in [5.74, 6) is 2.47. The first-order valence-corrected chi connectivity index (χ1v) is 4.15. The van der Waals surface area contributed by atoms with Crippen molar-refractivity contribution in [2.24, 2.45) is 0 Å². The fraction of sp³-hybridized carbons (Fsp3) is 0.625. The molecule has 0 radical (unpaired) electrons. The number of nitrogens with one attached hydrogen (secondary N) is 1. The van der Waals surface area contributed by atoms with Crippen molar-refractivity contribution in [2.45, 2.75) is 19.1 Å². The smallest absolute Gasteiger partial charge is 0.257 e. The largest absolute Gasteiger partial charge is 0.463 e. The number of rotatable bonds is 3. The molecule has 1 N–H and O–H groups in total. The predicted molar refractivity (Wildman–Crippen MR) is 49.7 cm³/mol. The summed E-state index contributed by atoms with van der Waals surface area (Å²) < 4.78 is 10.4. The topological polar surface area (TPSA) is 30.5 Å². The molecule has 1 rings (SSSR count). The van der Waals surface area contributed by atoms with Crippen LogP contribution in [0.5, 0.6) is 0 Å². The molecule has 0 aromatic carbocycles. The Kier molecular flexibility index (Phi) is 3.32. The first kappa shape index (κ1) is 9.30. The Morgan fingerprint density at radius 2 is 2.75 bits per heavy atom. The molecule has 0 aromatic heterocycles. The Morgan fingerprint density at radius 3 is 3.25 bits per heavy atom. The quantitative estimate of drug-likeness (QED) is 0.506. The van der Waals surface area contributed by atoms with Crippen molar-refractivity contribution in [1.29, 1.82) is 0 Å². The molecular weight excluding hydrogens is 174 g/mol. The van der Waals surface area contributed by atoms with E-state index < -0.39 is 0 Å². The lowest BCUT2D eigenvalue weighted by atomic mass is 10.4. The standard InChI is InChI=1S/C8H11NO2S/c1-3-6(2)10-5-7-4-9-8(12)11-7/h1,6-7H,4-5H2,2H3,(H,9,12). The van der Waals surface area contributed by atoms with Crippen LogP contribution < -0.4 is 5.32 Å². The molecule has 0 aromatic rings. The van der Waals surface area contributed by atoms with Gasteiger partial charge in [-0.3, -0.25) is 0 Å². The minimum atomic E-state index is -0.164. The minimum Gasteiger partial charge on any atom is -0.463 e. The highest BCUT2D eigenvalue weighted by molar-refractivity contribution is 7.80. The average molecular weight is 185 g/mol. The molecule has 1 fully saturated rings. The SMILES string of the molecule is C#CC(C)OCC1CNC(=S)O1. The van der Waals surface area contributed by atoms with E-state index in [1.807, 2.05) is 6.92 Å². The summed E-state index contributed by atoms with van der Waals surface area (Å²) in [6.45, 7) is 3.01. The maximum Gasteiger partial charge on any atom is 0.257 e. The van der Waals surface area contributed by atoms with Crippen LogP contribution >= 0.6 is 12.2 Å². The second-order valence-corrected chi connectivity index (χ2v) is 2.92. The van der Waals surface area contributed by atoms with E-state index in [0.717, 1.165) is 0 Å². The highest BCUT2D eigenvalue weighted by Crippen LogP contribution is 2.02. The summed E-state index contributed by atoms with van der Waals surface area (Å²) in [4.78, 5) is 0. The van der Waals surface area contributed by atoms with Crippen molar-refractivity contribution in [3.05, 3.63) is 0 Å². The molecule has 66 valence electrons. The van der Waals surface area contributed by atoms with Crippen molar-refractivity contribution in [3.8, 4) is 12.3 Å². The van der Waals surface area contributed by atoms with Crippen LogP contribution in [0.15, 0.2) is 0 Å². The highest BCUT2D eigenvalue weighted by atomic mass is 32.1. The molecule has 0 saturated carbocycles. The lowest BCUT2D eigenvalue weighted by Crippen LogP contribution is -2.22. The monoisotopic (exact) mass is 185 g/mol. The maximum atomic E-state index is 5.26. The van der Waals surface area contributed by atoms with Crippen molar-refractivity contribution in [1.82, 2.24) is 5.32 Å². The molecular formula is C8H11NO2S. The van der Waals surface area contributed by atoms with Crippen molar-refractivity contribution in [3.63, 3.8) is 0 Å². The van der Waals surface area contributed by atoms with Crippen LogP contribution in [-0.4, -0.2) is 30.5 Å². The second kappa shape index (κ2) is 4.29. The van der Waals surface area contributed by atoms with Gasteiger partial charge in [0.1, 0.15) is 12.2 Å². The average Bonchev–Trinajstić information content (AvgIpc) is 2.47. The van der Waals surface area contributed by atoms with Crippen LogP contribution in [-0.2, 0) is 9.47 Å². The van der Waals surface area contributed by atoms with Gasteiger partial charge in [-0.15, -0.1) is 6.42 Å². The van der Waals surface area contributed by atoms with Gasteiger partial charge in [0, 0.05) is 0 Å². The molecule has 4 heteroatoms. The van der Waals surface area contributed by atoms with Gasteiger partial charge in [-0.05, 0) is 19.1 Å².